The lowest BCUT2D eigenvalue weighted by Crippen LogP contribution is -2.05. The monoisotopic (exact) mass is 372 g/mol. The fourth-order valence-electron chi connectivity index (χ4n) is 3.00. The number of hydrogen-bond acceptors (Lipinski definition) is 7. The molecule has 0 aromatic heterocycles. The van der Waals surface area contributed by atoms with Crippen LogP contribution in [0.4, 0.5) is 11.4 Å². The highest BCUT2D eigenvalue weighted by atomic mass is 16.6. The van der Waals surface area contributed by atoms with Crippen molar-refractivity contribution in [1.82, 2.24) is 0 Å². The van der Waals surface area contributed by atoms with Gasteiger partial charge in [-0.1, -0.05) is 12.1 Å². The highest BCUT2D eigenvalue weighted by Gasteiger charge is 2.32. The predicted molar refractivity (Wildman–Crippen MR) is 93.2 cm³/mol. The van der Waals surface area contributed by atoms with Crippen LogP contribution in [0.3, 0.4) is 0 Å². The fraction of sp³-hybridized carbons (Fsp3) is 0.333. The van der Waals surface area contributed by atoms with Gasteiger partial charge in [-0.3, -0.25) is 20.2 Å². The molecule has 27 heavy (non-hydrogen) atoms. The van der Waals surface area contributed by atoms with Gasteiger partial charge in [-0.15, -0.1) is 0 Å². The quantitative estimate of drug-likeness (QED) is 0.396. The molecule has 9 nitrogen and oxygen atoms in total. The van der Waals surface area contributed by atoms with E-state index < -0.39 is 9.85 Å². The average molecular weight is 372 g/mol. The van der Waals surface area contributed by atoms with Crippen LogP contribution in [0.1, 0.15) is 11.1 Å². The van der Waals surface area contributed by atoms with E-state index in [0.717, 1.165) is 0 Å². The summed E-state index contributed by atoms with van der Waals surface area (Å²) in [5.74, 6) is 0.608. The smallest absolute Gasteiger partial charge is 0.276 e. The SMILES string of the molecule is O=[N+]([O-])c1cccc(Oc2cccc([N+](=O)[O-])c2CC2CO2)c1CC1CO1. The maximum Gasteiger partial charge on any atom is 0.276 e. The van der Waals surface area contributed by atoms with Gasteiger partial charge in [0.15, 0.2) is 0 Å². The molecular weight excluding hydrogens is 356 g/mol. The van der Waals surface area contributed by atoms with Crippen molar-refractivity contribution < 1.29 is 24.1 Å². The first-order valence-corrected chi connectivity index (χ1v) is 8.46. The Bertz CT molecular complexity index is 833. The van der Waals surface area contributed by atoms with Crippen LogP contribution in [0.25, 0.3) is 0 Å². The minimum atomic E-state index is -0.461. The number of nitro benzene ring substituents is 2. The van der Waals surface area contributed by atoms with Gasteiger partial charge in [-0.05, 0) is 12.1 Å². The van der Waals surface area contributed by atoms with E-state index in [1.807, 2.05) is 0 Å². The molecular formula is C18H16N2O7. The molecule has 140 valence electrons. The topological polar surface area (TPSA) is 121 Å². The molecule has 2 atom stereocenters. The standard InChI is InChI=1S/C18H16N2O7/c21-19(22)15-3-1-5-17(13(15)7-11-9-25-11)27-18-6-2-4-16(20(23)24)14(18)8-12-10-26-12/h1-6,11-12H,7-10H2. The molecule has 2 fully saturated rings. The van der Waals surface area contributed by atoms with Gasteiger partial charge in [0.25, 0.3) is 11.4 Å². The zero-order chi connectivity index (χ0) is 19.0. The molecule has 0 spiro atoms. The van der Waals surface area contributed by atoms with Gasteiger partial charge in [0.2, 0.25) is 0 Å². The van der Waals surface area contributed by atoms with E-state index in [0.29, 0.717) is 48.7 Å². The second-order valence-corrected chi connectivity index (χ2v) is 6.44. The van der Waals surface area contributed by atoms with E-state index in [-0.39, 0.29) is 23.6 Å². The maximum atomic E-state index is 11.4. The Kier molecular flexibility index (Phi) is 4.46. The number of epoxide rings is 2. The summed E-state index contributed by atoms with van der Waals surface area (Å²) < 4.78 is 16.4. The number of rotatable bonds is 8. The highest BCUT2D eigenvalue weighted by Crippen LogP contribution is 2.39. The van der Waals surface area contributed by atoms with Crippen LogP contribution in [0.15, 0.2) is 36.4 Å². The Morgan fingerprint density at radius 1 is 0.852 bits per heavy atom. The number of benzene rings is 2. The van der Waals surface area contributed by atoms with Crippen molar-refractivity contribution >= 4 is 11.4 Å². The Hall–Kier alpha value is -3.04. The Morgan fingerprint density at radius 2 is 1.26 bits per heavy atom. The lowest BCUT2D eigenvalue weighted by Gasteiger charge is -2.14. The summed E-state index contributed by atoms with van der Waals surface area (Å²) in [5, 5.41) is 22.8. The molecule has 2 unspecified atom stereocenters. The molecule has 2 aromatic carbocycles. The Morgan fingerprint density at radius 3 is 1.59 bits per heavy atom. The lowest BCUT2D eigenvalue weighted by atomic mass is 10.0. The molecule has 0 amide bonds. The van der Waals surface area contributed by atoms with Crippen LogP contribution in [-0.4, -0.2) is 35.3 Å². The number of nitrogens with zero attached hydrogens (tertiary/aromatic N) is 2. The van der Waals surface area contributed by atoms with Crippen LogP contribution in [0.2, 0.25) is 0 Å². The normalized spacial score (nSPS) is 20.1. The van der Waals surface area contributed by atoms with Crippen molar-refractivity contribution in [3.8, 4) is 11.5 Å². The van der Waals surface area contributed by atoms with Crippen LogP contribution < -0.4 is 4.74 Å². The third-order valence-electron chi connectivity index (χ3n) is 4.50. The largest absolute Gasteiger partial charge is 0.456 e. The summed E-state index contributed by atoms with van der Waals surface area (Å²) in [6, 6.07) is 9.15. The van der Waals surface area contributed by atoms with E-state index in [9.17, 15) is 20.2 Å². The van der Waals surface area contributed by atoms with Gasteiger partial charge in [-0.2, -0.15) is 0 Å². The number of hydrogen-bond donors (Lipinski definition) is 0. The molecule has 2 saturated heterocycles. The lowest BCUT2D eigenvalue weighted by molar-refractivity contribution is -0.385. The molecule has 2 aliphatic rings. The Labute approximate surface area is 153 Å². The van der Waals surface area contributed by atoms with Crippen molar-refractivity contribution in [3.05, 3.63) is 67.8 Å². The van der Waals surface area contributed by atoms with Gasteiger partial charge >= 0.3 is 0 Å². The molecule has 0 bridgehead atoms. The van der Waals surface area contributed by atoms with Gasteiger partial charge in [0.1, 0.15) is 11.5 Å². The molecule has 0 saturated carbocycles. The van der Waals surface area contributed by atoms with E-state index in [2.05, 4.69) is 0 Å². The summed E-state index contributed by atoms with van der Waals surface area (Å²) in [5.41, 5.74) is 0.733. The maximum absolute atomic E-state index is 11.4. The number of ether oxygens (including phenoxy) is 3. The molecule has 2 heterocycles. The van der Waals surface area contributed by atoms with Gasteiger partial charge in [0, 0.05) is 25.0 Å². The second-order valence-electron chi connectivity index (χ2n) is 6.44. The summed E-state index contributed by atoms with van der Waals surface area (Å²) >= 11 is 0. The molecule has 0 radical (unpaired) electrons. The molecule has 0 aliphatic carbocycles. The predicted octanol–water partition coefficient (Wildman–Crippen LogP) is 3.18. The van der Waals surface area contributed by atoms with Crippen molar-refractivity contribution in [2.75, 3.05) is 13.2 Å². The van der Waals surface area contributed by atoms with E-state index in [1.54, 1.807) is 12.1 Å². The average Bonchev–Trinajstić information content (AvgIpc) is 3.53. The van der Waals surface area contributed by atoms with Gasteiger partial charge in [-0.25, -0.2) is 0 Å². The van der Waals surface area contributed by atoms with Crippen LogP contribution in [0, 0.1) is 20.2 Å². The van der Waals surface area contributed by atoms with Crippen molar-refractivity contribution in [2.24, 2.45) is 0 Å². The second kappa shape index (κ2) is 6.93. The third kappa shape index (κ3) is 3.88. The van der Waals surface area contributed by atoms with Crippen molar-refractivity contribution in [2.45, 2.75) is 25.0 Å². The minimum Gasteiger partial charge on any atom is -0.456 e. The van der Waals surface area contributed by atoms with Gasteiger partial charge < -0.3 is 14.2 Å². The third-order valence-corrected chi connectivity index (χ3v) is 4.50. The Balaban J connectivity index is 1.73. The number of nitro groups is 2. The van der Waals surface area contributed by atoms with E-state index >= 15 is 0 Å². The fourth-order valence-corrected chi connectivity index (χ4v) is 3.00. The molecule has 9 heteroatoms. The molecule has 4 rings (SSSR count). The summed E-state index contributed by atoms with van der Waals surface area (Å²) in [7, 11) is 0. The zero-order valence-electron chi connectivity index (χ0n) is 14.2. The van der Waals surface area contributed by atoms with Gasteiger partial charge in [0.05, 0.1) is 46.4 Å². The van der Waals surface area contributed by atoms with Crippen molar-refractivity contribution in [3.63, 3.8) is 0 Å². The highest BCUT2D eigenvalue weighted by molar-refractivity contribution is 5.55. The van der Waals surface area contributed by atoms with Crippen LogP contribution in [-0.2, 0) is 22.3 Å². The zero-order valence-corrected chi connectivity index (χ0v) is 14.2. The summed E-state index contributed by atoms with van der Waals surface area (Å²) in [4.78, 5) is 21.9. The first kappa shape index (κ1) is 17.4. The summed E-state index contributed by atoms with van der Waals surface area (Å²) in [6.45, 7) is 1.10. The minimum absolute atomic E-state index is 0.0551. The molecule has 2 aromatic rings. The van der Waals surface area contributed by atoms with E-state index in [4.69, 9.17) is 14.2 Å². The summed E-state index contributed by atoms with van der Waals surface area (Å²) in [6.07, 6.45) is 0.557. The van der Waals surface area contributed by atoms with Crippen LogP contribution in [0.5, 0.6) is 11.5 Å². The molecule has 2 aliphatic heterocycles. The van der Waals surface area contributed by atoms with Crippen LogP contribution >= 0.6 is 0 Å². The van der Waals surface area contributed by atoms with E-state index in [1.165, 1.54) is 24.3 Å². The first-order chi connectivity index (χ1) is 13.0. The first-order valence-electron chi connectivity index (χ1n) is 8.46. The molecule has 0 N–H and O–H groups in total. The van der Waals surface area contributed by atoms with Crippen molar-refractivity contribution in [1.29, 1.82) is 0 Å².